The summed E-state index contributed by atoms with van der Waals surface area (Å²) in [4.78, 5) is 4.31. The van der Waals surface area contributed by atoms with Gasteiger partial charge in [0.05, 0.1) is 6.20 Å². The molecule has 2 N–H and O–H groups in total. The van der Waals surface area contributed by atoms with E-state index < -0.39 is 0 Å². The summed E-state index contributed by atoms with van der Waals surface area (Å²) in [7, 11) is 3.80. The normalized spacial score (nSPS) is 16.6. The van der Waals surface area contributed by atoms with Gasteiger partial charge < -0.3 is 10.6 Å². The van der Waals surface area contributed by atoms with Crippen molar-refractivity contribution < 1.29 is 0 Å². The second-order valence-corrected chi connectivity index (χ2v) is 6.19. The van der Waals surface area contributed by atoms with Crippen molar-refractivity contribution in [2.24, 2.45) is 17.5 Å². The standard InChI is InChI=1S/C16H29N5.HI/c1-4-16(8-6-9-16)13-19-15(17-2)18-10-5-7-14-11-20-21(3)12-14;/h11-12H,4-10,13H2,1-3H3,(H2,17,18,19);1H. The van der Waals surface area contributed by atoms with Crippen molar-refractivity contribution in [1.82, 2.24) is 20.4 Å². The zero-order chi connectivity index (χ0) is 15.1. The molecule has 5 nitrogen and oxygen atoms in total. The number of hydrogen-bond donors (Lipinski definition) is 2. The maximum absolute atomic E-state index is 4.31. The number of halogens is 1. The second-order valence-electron chi connectivity index (χ2n) is 6.19. The van der Waals surface area contributed by atoms with Crippen LogP contribution in [-0.4, -0.2) is 35.9 Å². The number of aryl methyl sites for hydroxylation is 2. The maximum atomic E-state index is 4.31. The first-order chi connectivity index (χ1) is 10.2. The molecule has 2 rings (SSSR count). The zero-order valence-corrected chi connectivity index (χ0v) is 16.4. The zero-order valence-electron chi connectivity index (χ0n) is 14.1. The Balaban J connectivity index is 0.00000242. The molecule has 22 heavy (non-hydrogen) atoms. The van der Waals surface area contributed by atoms with Crippen LogP contribution in [0.1, 0.15) is 44.6 Å². The van der Waals surface area contributed by atoms with Gasteiger partial charge in [0.25, 0.3) is 0 Å². The van der Waals surface area contributed by atoms with Crippen LogP contribution in [0.3, 0.4) is 0 Å². The number of rotatable bonds is 7. The first kappa shape index (κ1) is 19.3. The molecule has 1 heterocycles. The number of hydrogen-bond acceptors (Lipinski definition) is 2. The Labute approximate surface area is 151 Å². The number of guanidine groups is 1. The fourth-order valence-corrected chi connectivity index (χ4v) is 2.92. The Hall–Kier alpha value is -0.790. The first-order valence-corrected chi connectivity index (χ1v) is 8.09. The highest BCUT2D eigenvalue weighted by Gasteiger charge is 2.34. The summed E-state index contributed by atoms with van der Waals surface area (Å²) in [5.74, 6) is 0.931. The minimum atomic E-state index is 0. The summed E-state index contributed by atoms with van der Waals surface area (Å²) in [6.45, 7) is 4.28. The lowest BCUT2D eigenvalue weighted by atomic mass is 9.67. The summed E-state index contributed by atoms with van der Waals surface area (Å²) in [5.41, 5.74) is 1.81. The van der Waals surface area contributed by atoms with Crippen molar-refractivity contribution in [3.63, 3.8) is 0 Å². The highest BCUT2D eigenvalue weighted by atomic mass is 127. The van der Waals surface area contributed by atoms with Gasteiger partial charge in [-0.1, -0.05) is 13.3 Å². The average molecular weight is 419 g/mol. The Bertz CT molecular complexity index is 459. The maximum Gasteiger partial charge on any atom is 0.190 e. The van der Waals surface area contributed by atoms with Crippen molar-refractivity contribution >= 4 is 29.9 Å². The Morgan fingerprint density at radius 1 is 1.41 bits per heavy atom. The summed E-state index contributed by atoms with van der Waals surface area (Å²) in [5, 5.41) is 11.1. The summed E-state index contributed by atoms with van der Waals surface area (Å²) < 4.78 is 1.85. The lowest BCUT2D eigenvalue weighted by Gasteiger charge is -2.41. The van der Waals surface area contributed by atoms with E-state index in [2.05, 4.69) is 33.8 Å². The van der Waals surface area contributed by atoms with Gasteiger partial charge in [0.2, 0.25) is 0 Å². The van der Waals surface area contributed by atoms with Crippen LogP contribution in [0.15, 0.2) is 17.4 Å². The third-order valence-electron chi connectivity index (χ3n) is 4.71. The first-order valence-electron chi connectivity index (χ1n) is 8.09. The van der Waals surface area contributed by atoms with E-state index in [9.17, 15) is 0 Å². The van der Waals surface area contributed by atoms with E-state index in [1.54, 1.807) is 0 Å². The number of aliphatic imine (C=N–C) groups is 1. The second kappa shape index (κ2) is 9.37. The van der Waals surface area contributed by atoms with Gasteiger partial charge >= 0.3 is 0 Å². The molecule has 0 amide bonds. The number of aromatic nitrogens is 2. The average Bonchev–Trinajstić information content (AvgIpc) is 2.86. The van der Waals surface area contributed by atoms with E-state index >= 15 is 0 Å². The molecule has 1 aromatic rings. The van der Waals surface area contributed by atoms with Crippen LogP contribution in [0.25, 0.3) is 0 Å². The van der Waals surface area contributed by atoms with Crippen LogP contribution < -0.4 is 10.6 Å². The monoisotopic (exact) mass is 419 g/mol. The molecule has 1 aromatic heterocycles. The van der Waals surface area contributed by atoms with E-state index in [1.165, 1.54) is 31.2 Å². The van der Waals surface area contributed by atoms with Gasteiger partial charge in [-0.25, -0.2) is 0 Å². The molecule has 6 heteroatoms. The van der Waals surface area contributed by atoms with Crippen LogP contribution in [0.2, 0.25) is 0 Å². The van der Waals surface area contributed by atoms with Crippen molar-refractivity contribution in [2.45, 2.75) is 45.4 Å². The van der Waals surface area contributed by atoms with E-state index in [1.807, 2.05) is 25.0 Å². The Kier molecular flexibility index (Phi) is 8.20. The van der Waals surface area contributed by atoms with Gasteiger partial charge in [-0.3, -0.25) is 9.67 Å². The minimum Gasteiger partial charge on any atom is -0.356 e. The molecule has 1 saturated carbocycles. The van der Waals surface area contributed by atoms with Crippen LogP contribution in [0.4, 0.5) is 0 Å². The lowest BCUT2D eigenvalue weighted by molar-refractivity contribution is 0.131. The van der Waals surface area contributed by atoms with E-state index in [0.29, 0.717) is 5.41 Å². The topological polar surface area (TPSA) is 54.2 Å². The third kappa shape index (κ3) is 5.44. The fraction of sp³-hybridized carbons (Fsp3) is 0.750. The summed E-state index contributed by atoms with van der Waals surface area (Å²) in [6.07, 6.45) is 11.5. The van der Waals surface area contributed by atoms with Crippen molar-refractivity contribution in [1.29, 1.82) is 0 Å². The molecular weight excluding hydrogens is 389 g/mol. The molecular formula is C16H30IN5. The molecule has 0 saturated heterocycles. The van der Waals surface area contributed by atoms with E-state index in [-0.39, 0.29) is 24.0 Å². The third-order valence-corrected chi connectivity index (χ3v) is 4.71. The van der Waals surface area contributed by atoms with Gasteiger partial charge in [-0.05, 0) is 43.1 Å². The largest absolute Gasteiger partial charge is 0.356 e. The van der Waals surface area contributed by atoms with Crippen molar-refractivity contribution in [3.05, 3.63) is 18.0 Å². The van der Waals surface area contributed by atoms with Crippen molar-refractivity contribution in [2.75, 3.05) is 20.1 Å². The molecule has 0 aromatic carbocycles. The van der Waals surface area contributed by atoms with Crippen LogP contribution in [0, 0.1) is 5.41 Å². The van der Waals surface area contributed by atoms with Crippen LogP contribution >= 0.6 is 24.0 Å². The highest BCUT2D eigenvalue weighted by Crippen LogP contribution is 2.42. The Morgan fingerprint density at radius 2 is 2.18 bits per heavy atom. The molecule has 0 atom stereocenters. The van der Waals surface area contributed by atoms with Gasteiger partial charge in [0.15, 0.2) is 5.96 Å². The summed E-state index contributed by atoms with van der Waals surface area (Å²) in [6, 6.07) is 0. The van der Waals surface area contributed by atoms with Crippen molar-refractivity contribution in [3.8, 4) is 0 Å². The smallest absolute Gasteiger partial charge is 0.190 e. The van der Waals surface area contributed by atoms with Crippen LogP contribution in [0.5, 0.6) is 0 Å². The SMILES string of the molecule is CCC1(CNC(=NC)NCCCc2cnn(C)c2)CCC1.I. The number of nitrogens with zero attached hydrogens (tertiary/aromatic N) is 3. The number of nitrogens with one attached hydrogen (secondary N) is 2. The summed E-state index contributed by atoms with van der Waals surface area (Å²) >= 11 is 0. The fourth-order valence-electron chi connectivity index (χ4n) is 2.92. The molecule has 1 aliphatic rings. The molecule has 0 spiro atoms. The predicted molar refractivity (Wildman–Crippen MR) is 103 cm³/mol. The molecule has 0 aliphatic heterocycles. The van der Waals surface area contributed by atoms with Crippen LogP contribution in [-0.2, 0) is 13.5 Å². The predicted octanol–water partition coefficient (Wildman–Crippen LogP) is 2.72. The molecule has 1 aliphatic carbocycles. The van der Waals surface area contributed by atoms with E-state index in [4.69, 9.17) is 0 Å². The molecule has 0 unspecified atom stereocenters. The molecule has 0 bridgehead atoms. The van der Waals surface area contributed by atoms with Gasteiger partial charge in [0, 0.05) is 33.4 Å². The molecule has 126 valence electrons. The molecule has 0 radical (unpaired) electrons. The minimum absolute atomic E-state index is 0. The van der Waals surface area contributed by atoms with Gasteiger partial charge in [-0.15, -0.1) is 24.0 Å². The van der Waals surface area contributed by atoms with Gasteiger partial charge in [0.1, 0.15) is 0 Å². The molecule has 1 fully saturated rings. The lowest BCUT2D eigenvalue weighted by Crippen LogP contribution is -2.46. The van der Waals surface area contributed by atoms with Gasteiger partial charge in [-0.2, -0.15) is 5.10 Å². The Morgan fingerprint density at radius 3 is 2.68 bits per heavy atom. The highest BCUT2D eigenvalue weighted by molar-refractivity contribution is 14.0. The quantitative estimate of drug-likeness (QED) is 0.309. The van der Waals surface area contributed by atoms with E-state index in [0.717, 1.165) is 31.9 Å².